The van der Waals surface area contributed by atoms with Crippen LogP contribution in [0.25, 0.3) is 0 Å². The molecule has 0 bridgehead atoms. The van der Waals surface area contributed by atoms with Gasteiger partial charge in [0.25, 0.3) is 0 Å². The minimum Gasteiger partial charge on any atom is -0.493 e. The number of hydrogen-bond donors (Lipinski definition) is 2. The lowest BCUT2D eigenvalue weighted by molar-refractivity contribution is 0.113. The van der Waals surface area contributed by atoms with Gasteiger partial charge < -0.3 is 14.9 Å². The number of halogens is 1. The minimum absolute atomic E-state index is 0.180. The van der Waals surface area contributed by atoms with Crippen molar-refractivity contribution in [2.45, 2.75) is 18.3 Å². The van der Waals surface area contributed by atoms with Crippen molar-refractivity contribution in [2.24, 2.45) is 0 Å². The fraction of sp³-hybridized carbons (Fsp3) is 0.500. The Labute approximate surface area is 113 Å². The molecule has 0 fully saturated rings. The second-order valence-electron chi connectivity index (χ2n) is 4.00. The van der Waals surface area contributed by atoms with E-state index in [4.69, 9.17) is 9.84 Å². The summed E-state index contributed by atoms with van der Waals surface area (Å²) in [4.78, 5) is 0. The largest absolute Gasteiger partial charge is 0.493 e. The smallest absolute Gasteiger partial charge is 0.126 e. The van der Waals surface area contributed by atoms with Crippen LogP contribution in [-0.2, 0) is 12.2 Å². The van der Waals surface area contributed by atoms with E-state index in [1.54, 1.807) is 11.8 Å². The molecule has 1 aliphatic rings. The number of ether oxygens (including phenoxy) is 1. The van der Waals surface area contributed by atoms with Crippen LogP contribution in [0.1, 0.15) is 11.1 Å². The molecule has 1 aromatic rings. The number of rotatable bonds is 5. The summed E-state index contributed by atoms with van der Waals surface area (Å²) in [5.74, 6) is 2.33. The first-order valence-corrected chi connectivity index (χ1v) is 7.46. The Balaban J connectivity index is 2.01. The summed E-state index contributed by atoms with van der Waals surface area (Å²) in [6.45, 7) is 0.572. The first-order valence-electron chi connectivity index (χ1n) is 5.51. The highest BCUT2D eigenvalue weighted by molar-refractivity contribution is 9.10. The molecule has 3 nitrogen and oxygen atoms in total. The molecule has 17 heavy (non-hydrogen) atoms. The van der Waals surface area contributed by atoms with E-state index >= 15 is 0 Å². The van der Waals surface area contributed by atoms with E-state index in [0.29, 0.717) is 5.75 Å². The molecule has 1 aromatic carbocycles. The van der Waals surface area contributed by atoms with Gasteiger partial charge in [-0.1, -0.05) is 15.9 Å². The lowest BCUT2D eigenvalue weighted by atomic mass is 10.1. The van der Waals surface area contributed by atoms with Crippen LogP contribution in [0.5, 0.6) is 5.75 Å². The number of aliphatic hydroxyl groups is 2. The van der Waals surface area contributed by atoms with Crippen LogP contribution in [0.2, 0.25) is 0 Å². The van der Waals surface area contributed by atoms with Gasteiger partial charge in [-0.15, -0.1) is 0 Å². The topological polar surface area (TPSA) is 49.7 Å². The molecule has 94 valence electrons. The molecule has 2 N–H and O–H groups in total. The Morgan fingerprint density at radius 1 is 1.47 bits per heavy atom. The summed E-state index contributed by atoms with van der Waals surface area (Å²) in [5, 5.41) is 18.0. The van der Waals surface area contributed by atoms with Crippen LogP contribution >= 0.6 is 27.7 Å². The van der Waals surface area contributed by atoms with Crippen molar-refractivity contribution in [2.75, 3.05) is 19.0 Å². The van der Waals surface area contributed by atoms with Crippen LogP contribution in [0.15, 0.2) is 16.6 Å². The van der Waals surface area contributed by atoms with E-state index in [1.807, 2.05) is 0 Å². The van der Waals surface area contributed by atoms with Gasteiger partial charge >= 0.3 is 0 Å². The zero-order chi connectivity index (χ0) is 12.3. The Morgan fingerprint density at radius 2 is 2.29 bits per heavy atom. The predicted molar refractivity (Wildman–Crippen MR) is 72.6 cm³/mol. The Hall–Kier alpha value is -0.230. The fourth-order valence-corrected chi connectivity index (χ4v) is 3.29. The maximum absolute atomic E-state index is 9.27. The molecule has 1 unspecified atom stereocenters. The highest BCUT2D eigenvalue weighted by atomic mass is 79.9. The van der Waals surface area contributed by atoms with Gasteiger partial charge in [-0.2, -0.15) is 11.8 Å². The van der Waals surface area contributed by atoms with E-state index < -0.39 is 6.10 Å². The Morgan fingerprint density at radius 3 is 3.06 bits per heavy atom. The summed E-state index contributed by atoms with van der Waals surface area (Å²) < 4.78 is 6.69. The molecular weight excluding hydrogens is 304 g/mol. The monoisotopic (exact) mass is 318 g/mol. The molecule has 0 aliphatic carbocycles. The van der Waals surface area contributed by atoms with E-state index in [0.717, 1.165) is 34.6 Å². The third-order valence-electron chi connectivity index (χ3n) is 2.60. The number of thioether (sulfide) groups is 1. The quantitative estimate of drug-likeness (QED) is 0.871. The van der Waals surface area contributed by atoms with Gasteiger partial charge in [0.1, 0.15) is 5.75 Å². The molecular formula is C12H15BrO3S. The summed E-state index contributed by atoms with van der Waals surface area (Å²) in [6.07, 6.45) is 0.326. The van der Waals surface area contributed by atoms with Gasteiger partial charge in [0.05, 0.1) is 19.3 Å². The second-order valence-corrected chi connectivity index (χ2v) is 5.95. The lowest BCUT2D eigenvalue weighted by Gasteiger charge is -2.10. The molecule has 0 spiro atoms. The average molecular weight is 319 g/mol. The highest BCUT2D eigenvalue weighted by Gasteiger charge is 2.17. The Kier molecular flexibility index (Phi) is 4.73. The third kappa shape index (κ3) is 3.37. The van der Waals surface area contributed by atoms with Crippen molar-refractivity contribution >= 4 is 27.7 Å². The average Bonchev–Trinajstić information content (AvgIpc) is 2.76. The van der Waals surface area contributed by atoms with Gasteiger partial charge in [0, 0.05) is 28.0 Å². The Bertz CT molecular complexity index is 398. The van der Waals surface area contributed by atoms with Crippen LogP contribution in [-0.4, -0.2) is 35.3 Å². The third-order valence-corrected chi connectivity index (χ3v) is 4.20. The van der Waals surface area contributed by atoms with Crippen molar-refractivity contribution in [1.29, 1.82) is 0 Å². The lowest BCUT2D eigenvalue weighted by Crippen LogP contribution is -2.14. The van der Waals surface area contributed by atoms with Gasteiger partial charge in [-0.3, -0.25) is 0 Å². The number of fused-ring (bicyclic) bond motifs is 1. The van der Waals surface area contributed by atoms with Crippen molar-refractivity contribution in [3.8, 4) is 5.75 Å². The van der Waals surface area contributed by atoms with Crippen LogP contribution in [0.4, 0.5) is 0 Å². The molecule has 2 rings (SSSR count). The summed E-state index contributed by atoms with van der Waals surface area (Å²) in [7, 11) is 0. The molecule has 0 amide bonds. The summed E-state index contributed by atoms with van der Waals surface area (Å²) in [6, 6.07) is 4.15. The molecule has 0 aromatic heterocycles. The maximum Gasteiger partial charge on any atom is 0.126 e. The van der Waals surface area contributed by atoms with Crippen molar-refractivity contribution in [3.63, 3.8) is 0 Å². The molecule has 1 atom stereocenters. The van der Waals surface area contributed by atoms with Gasteiger partial charge in [-0.25, -0.2) is 0 Å². The van der Waals surface area contributed by atoms with Crippen LogP contribution in [0.3, 0.4) is 0 Å². The standard InChI is InChI=1S/C12H15BrO3S/c13-10-3-8-1-2-16-12(8)9(4-10)6-17-7-11(15)5-14/h3-4,11,14-15H,1-2,5-7H2. The van der Waals surface area contributed by atoms with Crippen molar-refractivity contribution < 1.29 is 14.9 Å². The molecule has 1 heterocycles. The van der Waals surface area contributed by atoms with Gasteiger partial charge in [0.2, 0.25) is 0 Å². The zero-order valence-electron chi connectivity index (χ0n) is 9.36. The predicted octanol–water partition coefficient (Wildman–Crippen LogP) is 1.97. The first kappa shape index (κ1) is 13.2. The molecule has 0 saturated heterocycles. The van der Waals surface area contributed by atoms with Crippen LogP contribution in [0, 0.1) is 0 Å². The van der Waals surface area contributed by atoms with E-state index in [1.165, 1.54) is 5.56 Å². The van der Waals surface area contributed by atoms with Crippen molar-refractivity contribution in [3.05, 3.63) is 27.7 Å². The van der Waals surface area contributed by atoms with Gasteiger partial charge in [0.15, 0.2) is 0 Å². The van der Waals surface area contributed by atoms with E-state index in [-0.39, 0.29) is 6.61 Å². The zero-order valence-corrected chi connectivity index (χ0v) is 11.8. The van der Waals surface area contributed by atoms with E-state index in [2.05, 4.69) is 28.1 Å². The maximum atomic E-state index is 9.27. The van der Waals surface area contributed by atoms with Crippen molar-refractivity contribution in [1.82, 2.24) is 0 Å². The number of aliphatic hydroxyl groups excluding tert-OH is 2. The van der Waals surface area contributed by atoms with E-state index in [9.17, 15) is 5.11 Å². The van der Waals surface area contributed by atoms with Gasteiger partial charge in [-0.05, 0) is 17.7 Å². The minimum atomic E-state index is -0.638. The number of benzene rings is 1. The summed E-state index contributed by atoms with van der Waals surface area (Å²) in [5.41, 5.74) is 2.40. The SMILES string of the molecule is OCC(O)CSCc1cc(Br)cc2c1OCC2. The van der Waals surface area contributed by atoms with Crippen LogP contribution < -0.4 is 4.74 Å². The molecule has 1 aliphatic heterocycles. The molecule has 5 heteroatoms. The molecule has 0 saturated carbocycles. The fourth-order valence-electron chi connectivity index (χ4n) is 1.81. The number of hydrogen-bond acceptors (Lipinski definition) is 4. The molecule has 0 radical (unpaired) electrons. The summed E-state index contributed by atoms with van der Waals surface area (Å²) >= 11 is 5.10. The second kappa shape index (κ2) is 6.09. The normalized spacial score (nSPS) is 15.5. The highest BCUT2D eigenvalue weighted by Crippen LogP contribution is 2.35. The first-order chi connectivity index (χ1) is 8.20.